The minimum absolute atomic E-state index is 0.204. The van der Waals surface area contributed by atoms with Crippen molar-refractivity contribution in [2.75, 3.05) is 28.6 Å². The van der Waals surface area contributed by atoms with Gasteiger partial charge in [0.15, 0.2) is 5.69 Å². The summed E-state index contributed by atoms with van der Waals surface area (Å²) in [4.78, 5) is 26.5. The minimum atomic E-state index is -4.96. The summed E-state index contributed by atoms with van der Waals surface area (Å²) in [5, 5.41) is 4.84. The molecule has 0 fully saturated rings. The number of hydrogen-bond acceptors (Lipinski definition) is 3. The van der Waals surface area contributed by atoms with Gasteiger partial charge in [-0.2, -0.15) is 26.3 Å². The molecule has 32 heavy (non-hydrogen) atoms. The van der Waals surface area contributed by atoms with Gasteiger partial charge in [0.2, 0.25) is 11.8 Å². The van der Waals surface area contributed by atoms with Crippen molar-refractivity contribution in [3.63, 3.8) is 0 Å². The standard InChI is InChI=1S/C20H16F6N4O2/c1-12(31)28-13-3-5-14(6-4-13)29-18(32)10-30(11-19(21,22)23)15-7-8-17(27-2)16(9-15)20(24,25)26/h3-9H,10-11H2,1H3,(H,28,31)(H,29,32). The molecule has 0 heterocycles. The zero-order valence-corrected chi connectivity index (χ0v) is 16.4. The highest BCUT2D eigenvalue weighted by molar-refractivity contribution is 5.95. The number of anilines is 3. The molecule has 2 amide bonds. The molecule has 0 bridgehead atoms. The van der Waals surface area contributed by atoms with E-state index in [1.807, 2.05) is 0 Å². The first-order valence-corrected chi connectivity index (χ1v) is 8.86. The molecule has 170 valence electrons. The van der Waals surface area contributed by atoms with Crippen LogP contribution in [0.25, 0.3) is 4.85 Å². The van der Waals surface area contributed by atoms with E-state index in [0.717, 1.165) is 12.1 Å². The van der Waals surface area contributed by atoms with Crippen LogP contribution in [-0.2, 0) is 15.8 Å². The summed E-state index contributed by atoms with van der Waals surface area (Å²) in [6, 6.07) is 7.77. The predicted octanol–water partition coefficient (Wildman–Crippen LogP) is 5.22. The Bertz CT molecular complexity index is 1030. The highest BCUT2D eigenvalue weighted by Crippen LogP contribution is 2.39. The van der Waals surface area contributed by atoms with Crippen LogP contribution in [0.3, 0.4) is 0 Å². The fourth-order valence-electron chi connectivity index (χ4n) is 2.71. The van der Waals surface area contributed by atoms with Crippen LogP contribution in [-0.4, -0.2) is 31.1 Å². The number of amides is 2. The van der Waals surface area contributed by atoms with Crippen molar-refractivity contribution in [1.82, 2.24) is 0 Å². The first-order valence-electron chi connectivity index (χ1n) is 8.86. The van der Waals surface area contributed by atoms with Crippen molar-refractivity contribution in [3.8, 4) is 0 Å². The minimum Gasteiger partial charge on any atom is -0.353 e. The fraction of sp³-hybridized carbons (Fsp3) is 0.250. The Hall–Kier alpha value is -3.75. The second-order valence-corrected chi connectivity index (χ2v) is 6.59. The zero-order valence-electron chi connectivity index (χ0n) is 16.4. The molecule has 2 aromatic rings. The summed E-state index contributed by atoms with van der Waals surface area (Å²) in [5.74, 6) is -1.24. The van der Waals surface area contributed by atoms with E-state index in [-0.39, 0.29) is 11.6 Å². The van der Waals surface area contributed by atoms with Crippen molar-refractivity contribution >= 4 is 34.6 Å². The Morgan fingerprint density at radius 2 is 1.53 bits per heavy atom. The van der Waals surface area contributed by atoms with Crippen LogP contribution in [0, 0.1) is 6.57 Å². The van der Waals surface area contributed by atoms with Gasteiger partial charge in [-0.05, 0) is 36.4 Å². The Kier molecular flexibility index (Phi) is 7.35. The third-order valence-corrected chi connectivity index (χ3v) is 3.96. The Labute approximate surface area is 178 Å². The normalized spacial score (nSPS) is 11.4. The molecule has 0 aliphatic heterocycles. The van der Waals surface area contributed by atoms with Gasteiger partial charge < -0.3 is 15.5 Å². The van der Waals surface area contributed by atoms with Gasteiger partial charge in [-0.25, -0.2) is 4.85 Å². The van der Waals surface area contributed by atoms with Gasteiger partial charge >= 0.3 is 12.4 Å². The van der Waals surface area contributed by atoms with Gasteiger partial charge in [-0.3, -0.25) is 9.59 Å². The molecule has 12 heteroatoms. The SMILES string of the molecule is [C-]#[N+]c1ccc(N(CC(=O)Nc2ccc(NC(C)=O)cc2)CC(F)(F)F)cc1C(F)(F)F. The molecule has 0 radical (unpaired) electrons. The van der Waals surface area contributed by atoms with E-state index in [9.17, 15) is 35.9 Å². The molecular formula is C20H16F6N4O2. The smallest absolute Gasteiger partial charge is 0.353 e. The van der Waals surface area contributed by atoms with Crippen molar-refractivity contribution in [2.45, 2.75) is 19.3 Å². The number of hydrogen-bond donors (Lipinski definition) is 2. The Balaban J connectivity index is 2.25. The lowest BCUT2D eigenvalue weighted by Crippen LogP contribution is -2.40. The molecule has 2 rings (SSSR count). The largest absolute Gasteiger partial charge is 0.407 e. The van der Waals surface area contributed by atoms with Crippen molar-refractivity contribution in [3.05, 3.63) is 59.4 Å². The van der Waals surface area contributed by atoms with Crippen LogP contribution in [0.15, 0.2) is 42.5 Å². The van der Waals surface area contributed by atoms with Crippen LogP contribution in [0.1, 0.15) is 12.5 Å². The summed E-state index contributed by atoms with van der Waals surface area (Å²) in [6.07, 6.45) is -9.77. The highest BCUT2D eigenvalue weighted by Gasteiger charge is 2.36. The topological polar surface area (TPSA) is 65.8 Å². The summed E-state index contributed by atoms with van der Waals surface area (Å²) in [7, 11) is 0. The molecule has 2 aromatic carbocycles. The van der Waals surface area contributed by atoms with Gasteiger partial charge in [0, 0.05) is 24.0 Å². The fourth-order valence-corrected chi connectivity index (χ4v) is 2.71. The van der Waals surface area contributed by atoms with Gasteiger partial charge in [0.25, 0.3) is 0 Å². The number of halogens is 6. The molecule has 2 N–H and O–H groups in total. The number of benzene rings is 2. The predicted molar refractivity (Wildman–Crippen MR) is 105 cm³/mol. The molecule has 0 aromatic heterocycles. The van der Waals surface area contributed by atoms with Crippen molar-refractivity contribution < 1.29 is 35.9 Å². The number of rotatable bonds is 6. The quantitative estimate of drug-likeness (QED) is 0.461. The Morgan fingerprint density at radius 1 is 0.969 bits per heavy atom. The van der Waals surface area contributed by atoms with E-state index >= 15 is 0 Å². The molecule has 0 unspecified atom stereocenters. The molecular weight excluding hydrogens is 442 g/mol. The average molecular weight is 458 g/mol. The molecule has 0 aliphatic rings. The van der Waals surface area contributed by atoms with E-state index in [1.165, 1.54) is 31.2 Å². The van der Waals surface area contributed by atoms with Gasteiger partial charge in [-0.1, -0.05) is 6.07 Å². The molecule has 0 saturated heterocycles. The second kappa shape index (κ2) is 9.59. The number of alkyl halides is 6. The molecule has 0 atom stereocenters. The first kappa shape index (κ1) is 24.5. The molecule has 0 aliphatic carbocycles. The number of nitrogens with zero attached hydrogens (tertiary/aromatic N) is 2. The zero-order chi connectivity index (χ0) is 24.1. The molecule has 0 saturated carbocycles. The maximum absolute atomic E-state index is 13.2. The lowest BCUT2D eigenvalue weighted by atomic mass is 10.1. The van der Waals surface area contributed by atoms with E-state index in [0.29, 0.717) is 16.7 Å². The second-order valence-electron chi connectivity index (χ2n) is 6.59. The van der Waals surface area contributed by atoms with Gasteiger partial charge in [0.1, 0.15) is 6.54 Å². The van der Waals surface area contributed by atoms with E-state index in [1.54, 1.807) is 0 Å². The average Bonchev–Trinajstić information content (AvgIpc) is 2.66. The summed E-state index contributed by atoms with van der Waals surface area (Å²) in [6.45, 7) is 5.53. The molecule has 0 spiro atoms. The highest BCUT2D eigenvalue weighted by atomic mass is 19.4. The lowest BCUT2D eigenvalue weighted by Gasteiger charge is -2.26. The maximum atomic E-state index is 13.2. The summed E-state index contributed by atoms with van der Waals surface area (Å²) < 4.78 is 78.6. The van der Waals surface area contributed by atoms with Crippen LogP contribution >= 0.6 is 0 Å². The van der Waals surface area contributed by atoms with E-state index < -0.39 is 48.3 Å². The van der Waals surface area contributed by atoms with E-state index in [2.05, 4.69) is 15.5 Å². The monoisotopic (exact) mass is 458 g/mol. The number of carbonyl (C=O) groups excluding carboxylic acids is 2. The van der Waals surface area contributed by atoms with E-state index in [4.69, 9.17) is 6.57 Å². The number of nitrogens with one attached hydrogen (secondary N) is 2. The van der Waals surface area contributed by atoms with Crippen molar-refractivity contribution in [2.24, 2.45) is 0 Å². The van der Waals surface area contributed by atoms with Gasteiger partial charge in [-0.15, -0.1) is 0 Å². The van der Waals surface area contributed by atoms with Crippen molar-refractivity contribution in [1.29, 1.82) is 0 Å². The number of carbonyl (C=O) groups is 2. The third kappa shape index (κ3) is 7.19. The summed E-state index contributed by atoms with van der Waals surface area (Å²) in [5.41, 5.74) is -2.05. The van der Waals surface area contributed by atoms with Crippen LogP contribution in [0.5, 0.6) is 0 Å². The summed E-state index contributed by atoms with van der Waals surface area (Å²) >= 11 is 0. The maximum Gasteiger partial charge on any atom is 0.407 e. The van der Waals surface area contributed by atoms with Gasteiger partial charge in [0.05, 0.1) is 18.7 Å². The molecule has 6 nitrogen and oxygen atoms in total. The Morgan fingerprint density at radius 3 is 2.00 bits per heavy atom. The lowest BCUT2D eigenvalue weighted by molar-refractivity contribution is -0.136. The van der Waals surface area contributed by atoms with Crippen LogP contribution in [0.4, 0.5) is 49.1 Å². The third-order valence-electron chi connectivity index (χ3n) is 3.96. The first-order chi connectivity index (χ1) is 14.8. The van der Waals surface area contributed by atoms with Crippen LogP contribution in [0.2, 0.25) is 0 Å². The van der Waals surface area contributed by atoms with Crippen LogP contribution < -0.4 is 15.5 Å².